The summed E-state index contributed by atoms with van der Waals surface area (Å²) < 4.78 is 27.2. The first-order valence-electron chi connectivity index (χ1n) is 5.93. The third kappa shape index (κ3) is 2.38. The van der Waals surface area contributed by atoms with Crippen molar-refractivity contribution in [3.63, 3.8) is 0 Å². The highest BCUT2D eigenvalue weighted by Gasteiger charge is 2.24. The Balaban J connectivity index is 2.76. The largest absolute Gasteiger partial charge is 0.477 e. The van der Waals surface area contributed by atoms with Crippen LogP contribution in [0.15, 0.2) is 18.2 Å². The van der Waals surface area contributed by atoms with Crippen molar-refractivity contribution < 1.29 is 18.7 Å². The molecule has 0 saturated carbocycles. The fourth-order valence-corrected chi connectivity index (χ4v) is 3.29. The van der Waals surface area contributed by atoms with Gasteiger partial charge >= 0.3 is 5.97 Å². The number of rotatable bonds is 3. The van der Waals surface area contributed by atoms with Crippen molar-refractivity contribution in [3.8, 4) is 10.4 Å². The number of halogens is 2. The van der Waals surface area contributed by atoms with Gasteiger partial charge in [0.1, 0.15) is 16.5 Å². The van der Waals surface area contributed by atoms with Crippen LogP contribution in [0, 0.1) is 11.6 Å². The van der Waals surface area contributed by atoms with Crippen LogP contribution >= 0.6 is 11.3 Å². The molecule has 3 nitrogen and oxygen atoms in total. The van der Waals surface area contributed by atoms with Gasteiger partial charge in [0.15, 0.2) is 0 Å². The van der Waals surface area contributed by atoms with Gasteiger partial charge in [-0.05, 0) is 29.7 Å². The van der Waals surface area contributed by atoms with Gasteiger partial charge in [0, 0.05) is 10.4 Å². The molecule has 2 aromatic rings. The van der Waals surface area contributed by atoms with Gasteiger partial charge in [-0.3, -0.25) is 0 Å². The van der Waals surface area contributed by atoms with Crippen molar-refractivity contribution in [2.45, 2.75) is 19.8 Å². The summed E-state index contributed by atoms with van der Waals surface area (Å²) in [5.41, 5.74) is 6.54. The highest BCUT2D eigenvalue weighted by molar-refractivity contribution is 7.18. The van der Waals surface area contributed by atoms with Crippen LogP contribution in [0.4, 0.5) is 14.5 Å². The van der Waals surface area contributed by atoms with Gasteiger partial charge in [-0.1, -0.05) is 13.8 Å². The van der Waals surface area contributed by atoms with Gasteiger partial charge < -0.3 is 10.8 Å². The van der Waals surface area contributed by atoms with E-state index in [1.54, 1.807) is 0 Å². The second-order valence-electron chi connectivity index (χ2n) is 4.67. The molecule has 0 aliphatic rings. The lowest BCUT2D eigenvalue weighted by Gasteiger charge is -2.09. The number of nitrogens with two attached hydrogens (primary N) is 1. The highest BCUT2D eigenvalue weighted by Crippen LogP contribution is 2.43. The molecule has 0 aliphatic heterocycles. The molecule has 0 radical (unpaired) electrons. The van der Waals surface area contributed by atoms with Crippen molar-refractivity contribution in [3.05, 3.63) is 40.3 Å². The molecular weight excluding hydrogens is 284 g/mol. The van der Waals surface area contributed by atoms with E-state index in [2.05, 4.69) is 0 Å². The lowest BCUT2D eigenvalue weighted by molar-refractivity contribution is 0.0703. The molecule has 0 spiro atoms. The fraction of sp³-hybridized carbons (Fsp3) is 0.214. The Kier molecular flexibility index (Phi) is 3.76. The zero-order valence-corrected chi connectivity index (χ0v) is 11.7. The predicted octanol–water partition coefficient (Wildman–Crippen LogP) is 4.10. The van der Waals surface area contributed by atoms with Gasteiger partial charge in [0.2, 0.25) is 0 Å². The van der Waals surface area contributed by atoms with Crippen LogP contribution < -0.4 is 5.73 Å². The Labute approximate surface area is 118 Å². The van der Waals surface area contributed by atoms with E-state index in [1.807, 2.05) is 13.8 Å². The summed E-state index contributed by atoms with van der Waals surface area (Å²) >= 11 is 0.867. The second kappa shape index (κ2) is 5.20. The van der Waals surface area contributed by atoms with E-state index < -0.39 is 17.6 Å². The summed E-state index contributed by atoms with van der Waals surface area (Å²) in [7, 11) is 0. The molecule has 1 heterocycles. The maximum atomic E-state index is 13.9. The summed E-state index contributed by atoms with van der Waals surface area (Å²) in [4.78, 5) is 11.5. The molecule has 0 unspecified atom stereocenters. The summed E-state index contributed by atoms with van der Waals surface area (Å²) in [5.74, 6) is -2.46. The standard InChI is InChI=1S/C14H13F2NO2S/c1-6(2)10-11(17)13(14(18)19)20-12(10)8-5-7(15)3-4-9(8)16/h3-6H,17H2,1-2H3,(H,18,19). The summed E-state index contributed by atoms with van der Waals surface area (Å²) in [5, 5.41) is 9.12. The van der Waals surface area contributed by atoms with E-state index in [-0.39, 0.29) is 22.0 Å². The third-order valence-electron chi connectivity index (χ3n) is 2.93. The highest BCUT2D eigenvalue weighted by atomic mass is 32.1. The molecule has 20 heavy (non-hydrogen) atoms. The van der Waals surface area contributed by atoms with Crippen LogP contribution in [0.2, 0.25) is 0 Å². The maximum absolute atomic E-state index is 13.9. The molecule has 0 aliphatic carbocycles. The van der Waals surface area contributed by atoms with E-state index in [1.165, 1.54) is 0 Å². The number of carboxylic acid groups (broad SMARTS) is 1. The average Bonchev–Trinajstić information content (AvgIpc) is 2.70. The molecule has 0 amide bonds. The predicted molar refractivity (Wildman–Crippen MR) is 75.1 cm³/mol. The van der Waals surface area contributed by atoms with Crippen LogP contribution in [-0.2, 0) is 0 Å². The number of nitrogen functional groups attached to an aromatic ring is 1. The molecule has 3 N–H and O–H groups in total. The molecule has 1 aromatic carbocycles. The van der Waals surface area contributed by atoms with Crippen molar-refractivity contribution in [2.24, 2.45) is 0 Å². The molecule has 0 saturated heterocycles. The van der Waals surface area contributed by atoms with Crippen molar-refractivity contribution in [2.75, 3.05) is 5.73 Å². The monoisotopic (exact) mass is 297 g/mol. The topological polar surface area (TPSA) is 63.3 Å². The molecule has 1 aromatic heterocycles. The number of aromatic carboxylic acids is 1. The molecule has 6 heteroatoms. The van der Waals surface area contributed by atoms with Gasteiger partial charge in [-0.15, -0.1) is 11.3 Å². The van der Waals surface area contributed by atoms with Crippen molar-refractivity contribution in [1.29, 1.82) is 0 Å². The Morgan fingerprint density at radius 1 is 1.35 bits per heavy atom. The summed E-state index contributed by atoms with van der Waals surface area (Å²) in [6, 6.07) is 3.09. The van der Waals surface area contributed by atoms with Gasteiger partial charge in [-0.25, -0.2) is 13.6 Å². The molecule has 2 rings (SSSR count). The number of anilines is 1. The smallest absolute Gasteiger partial charge is 0.348 e. The molecule has 0 atom stereocenters. The van der Waals surface area contributed by atoms with Crippen LogP contribution in [0.3, 0.4) is 0 Å². The minimum absolute atomic E-state index is 0.0397. The number of carboxylic acids is 1. The van der Waals surface area contributed by atoms with E-state index >= 15 is 0 Å². The number of thiophene rings is 1. The van der Waals surface area contributed by atoms with Crippen LogP contribution in [0.5, 0.6) is 0 Å². The third-order valence-corrected chi connectivity index (χ3v) is 4.17. The SMILES string of the molecule is CC(C)c1c(-c2cc(F)ccc2F)sc(C(=O)O)c1N. The van der Waals surface area contributed by atoms with Crippen molar-refractivity contribution in [1.82, 2.24) is 0 Å². The average molecular weight is 297 g/mol. The van der Waals surface area contributed by atoms with Crippen LogP contribution in [-0.4, -0.2) is 11.1 Å². The second-order valence-corrected chi connectivity index (χ2v) is 5.69. The number of hydrogen-bond acceptors (Lipinski definition) is 3. The fourth-order valence-electron chi connectivity index (χ4n) is 2.06. The van der Waals surface area contributed by atoms with Gasteiger partial charge in [0.25, 0.3) is 0 Å². The summed E-state index contributed by atoms with van der Waals surface area (Å²) in [6.07, 6.45) is 0. The maximum Gasteiger partial charge on any atom is 0.348 e. The minimum Gasteiger partial charge on any atom is -0.477 e. The zero-order chi connectivity index (χ0) is 15.0. The zero-order valence-electron chi connectivity index (χ0n) is 10.9. The molecule has 0 fully saturated rings. The quantitative estimate of drug-likeness (QED) is 0.896. The minimum atomic E-state index is -1.17. The summed E-state index contributed by atoms with van der Waals surface area (Å²) in [6.45, 7) is 3.65. The van der Waals surface area contributed by atoms with Crippen LogP contribution in [0.1, 0.15) is 35.0 Å². The Morgan fingerprint density at radius 2 is 2.00 bits per heavy atom. The number of benzene rings is 1. The first kappa shape index (κ1) is 14.5. The normalized spacial score (nSPS) is 11.1. The lowest BCUT2D eigenvalue weighted by atomic mass is 9.98. The lowest BCUT2D eigenvalue weighted by Crippen LogP contribution is -2.01. The Morgan fingerprint density at radius 3 is 2.55 bits per heavy atom. The Hall–Kier alpha value is -1.95. The van der Waals surface area contributed by atoms with E-state index in [9.17, 15) is 13.6 Å². The van der Waals surface area contributed by atoms with E-state index in [0.717, 1.165) is 29.5 Å². The first-order chi connectivity index (χ1) is 9.32. The van der Waals surface area contributed by atoms with Crippen LogP contribution in [0.25, 0.3) is 10.4 Å². The van der Waals surface area contributed by atoms with E-state index in [0.29, 0.717) is 10.4 Å². The first-order valence-corrected chi connectivity index (χ1v) is 6.75. The van der Waals surface area contributed by atoms with Gasteiger partial charge in [0.05, 0.1) is 5.69 Å². The molecule has 0 bridgehead atoms. The number of carbonyl (C=O) groups is 1. The molecular formula is C14H13F2NO2S. The van der Waals surface area contributed by atoms with Gasteiger partial charge in [-0.2, -0.15) is 0 Å². The number of hydrogen-bond donors (Lipinski definition) is 2. The van der Waals surface area contributed by atoms with E-state index in [4.69, 9.17) is 10.8 Å². The molecule has 106 valence electrons. The van der Waals surface area contributed by atoms with Crippen molar-refractivity contribution >= 4 is 23.0 Å². The Bertz CT molecular complexity index is 680.